The molecule has 0 amide bonds. The molecule has 0 aliphatic carbocycles. The van der Waals surface area contributed by atoms with Crippen LogP contribution in [0.3, 0.4) is 0 Å². The number of hydrogen-bond acceptors (Lipinski definition) is 4. The van der Waals surface area contributed by atoms with Gasteiger partial charge in [-0.2, -0.15) is 0 Å². The maximum atomic E-state index is 10.8. The number of esters is 1. The van der Waals surface area contributed by atoms with Crippen LogP contribution in [0, 0.1) is 0 Å². The van der Waals surface area contributed by atoms with Gasteiger partial charge in [-0.05, 0) is 25.9 Å². The van der Waals surface area contributed by atoms with Gasteiger partial charge in [-0.25, -0.2) is 4.79 Å². The van der Waals surface area contributed by atoms with Gasteiger partial charge in [-0.15, -0.1) is 0 Å². The van der Waals surface area contributed by atoms with E-state index in [0.29, 0.717) is 6.61 Å². The molecule has 0 unspecified atom stereocenters. The third-order valence-corrected chi connectivity index (χ3v) is 3.36. The lowest BCUT2D eigenvalue weighted by atomic mass is 10.2. The highest BCUT2D eigenvalue weighted by atomic mass is 16.5. The lowest BCUT2D eigenvalue weighted by Crippen LogP contribution is -2.26. The van der Waals surface area contributed by atoms with E-state index < -0.39 is 0 Å². The molecule has 1 aliphatic heterocycles. The lowest BCUT2D eigenvalue weighted by Gasteiger charge is -2.16. The molecule has 0 aromatic rings. The van der Waals surface area contributed by atoms with Crippen molar-refractivity contribution in [3.8, 4) is 0 Å². The zero-order valence-electron chi connectivity index (χ0n) is 11.6. The molecule has 1 aliphatic rings. The van der Waals surface area contributed by atoms with Gasteiger partial charge in [0, 0.05) is 19.2 Å². The average molecular weight is 254 g/mol. The van der Waals surface area contributed by atoms with Gasteiger partial charge < -0.3 is 4.74 Å². The summed E-state index contributed by atoms with van der Waals surface area (Å²) in [4.78, 5) is 15.8. The minimum Gasteiger partial charge on any atom is -0.463 e. The van der Waals surface area contributed by atoms with E-state index in [-0.39, 0.29) is 5.97 Å². The summed E-state index contributed by atoms with van der Waals surface area (Å²) in [6.07, 6.45) is 5.77. The third-order valence-electron chi connectivity index (χ3n) is 3.36. The standard InChI is InChI=1S/C14H26N2O2/c1-3-14(17)18-12-8-6-5-7-9-16-11-10-15(4-2)13-16/h3H,1,4-13H2,2H3. The minimum atomic E-state index is -0.313. The van der Waals surface area contributed by atoms with Crippen LogP contribution in [0.25, 0.3) is 0 Å². The van der Waals surface area contributed by atoms with Crippen LogP contribution in [0.5, 0.6) is 0 Å². The van der Waals surface area contributed by atoms with E-state index in [1.165, 1.54) is 38.6 Å². The second-order valence-corrected chi connectivity index (χ2v) is 4.76. The second kappa shape index (κ2) is 9.11. The number of nitrogens with zero attached hydrogens (tertiary/aromatic N) is 2. The number of carbonyl (C=O) groups is 1. The Labute approximate surface area is 111 Å². The zero-order valence-corrected chi connectivity index (χ0v) is 11.6. The first-order valence-corrected chi connectivity index (χ1v) is 7.00. The molecule has 0 bridgehead atoms. The molecule has 18 heavy (non-hydrogen) atoms. The van der Waals surface area contributed by atoms with E-state index in [0.717, 1.165) is 26.1 Å². The molecule has 1 fully saturated rings. The van der Waals surface area contributed by atoms with E-state index in [1.807, 2.05) is 0 Å². The van der Waals surface area contributed by atoms with Crippen LogP contribution in [-0.2, 0) is 9.53 Å². The summed E-state index contributed by atoms with van der Waals surface area (Å²) in [6.45, 7) is 12.0. The van der Waals surface area contributed by atoms with Crippen molar-refractivity contribution in [2.45, 2.75) is 32.6 Å². The van der Waals surface area contributed by atoms with Crippen LogP contribution in [-0.4, -0.2) is 55.2 Å². The van der Waals surface area contributed by atoms with Gasteiger partial charge in [-0.1, -0.05) is 26.3 Å². The van der Waals surface area contributed by atoms with Crippen molar-refractivity contribution in [1.29, 1.82) is 0 Å². The predicted molar refractivity (Wildman–Crippen MR) is 73.3 cm³/mol. The average Bonchev–Trinajstić information content (AvgIpc) is 2.85. The number of rotatable bonds is 9. The van der Waals surface area contributed by atoms with Gasteiger partial charge in [0.25, 0.3) is 0 Å². The predicted octanol–water partition coefficient (Wildman–Crippen LogP) is 1.87. The van der Waals surface area contributed by atoms with Crippen LogP contribution in [0.15, 0.2) is 12.7 Å². The highest BCUT2D eigenvalue weighted by Crippen LogP contribution is 2.07. The van der Waals surface area contributed by atoms with E-state index in [4.69, 9.17) is 4.74 Å². The monoisotopic (exact) mass is 254 g/mol. The normalized spacial score (nSPS) is 16.9. The van der Waals surface area contributed by atoms with Crippen LogP contribution in [0.2, 0.25) is 0 Å². The second-order valence-electron chi connectivity index (χ2n) is 4.76. The van der Waals surface area contributed by atoms with Gasteiger partial charge >= 0.3 is 5.97 Å². The molecule has 104 valence electrons. The van der Waals surface area contributed by atoms with Crippen molar-refractivity contribution >= 4 is 5.97 Å². The Kier molecular flexibility index (Phi) is 7.69. The summed E-state index contributed by atoms with van der Waals surface area (Å²) in [5.41, 5.74) is 0. The third kappa shape index (κ3) is 6.17. The van der Waals surface area contributed by atoms with Crippen LogP contribution < -0.4 is 0 Å². The van der Waals surface area contributed by atoms with Gasteiger partial charge in [0.2, 0.25) is 0 Å². The molecule has 0 saturated carbocycles. The number of ether oxygens (including phenoxy) is 1. The summed E-state index contributed by atoms with van der Waals surface area (Å²) in [5, 5.41) is 0. The molecule has 4 nitrogen and oxygen atoms in total. The Balaban J connectivity index is 1.87. The number of hydrogen-bond donors (Lipinski definition) is 0. The highest BCUT2D eigenvalue weighted by Gasteiger charge is 2.16. The summed E-state index contributed by atoms with van der Waals surface area (Å²) >= 11 is 0. The molecule has 1 saturated heterocycles. The van der Waals surface area contributed by atoms with Gasteiger partial charge in [0.15, 0.2) is 0 Å². The summed E-state index contributed by atoms with van der Waals surface area (Å²) < 4.78 is 4.93. The van der Waals surface area contributed by atoms with Crippen molar-refractivity contribution in [2.24, 2.45) is 0 Å². The lowest BCUT2D eigenvalue weighted by molar-refractivity contribution is -0.137. The maximum absolute atomic E-state index is 10.8. The first-order chi connectivity index (χ1) is 8.76. The van der Waals surface area contributed by atoms with Gasteiger partial charge in [0.1, 0.15) is 0 Å². The van der Waals surface area contributed by atoms with Crippen LogP contribution >= 0.6 is 0 Å². The SMILES string of the molecule is C=CC(=O)OCCCCCCN1CCN(CC)C1. The van der Waals surface area contributed by atoms with Crippen molar-refractivity contribution in [1.82, 2.24) is 9.80 Å². The summed E-state index contributed by atoms with van der Waals surface area (Å²) in [5.74, 6) is -0.313. The Morgan fingerprint density at radius 1 is 1.22 bits per heavy atom. The molecule has 0 radical (unpaired) electrons. The first kappa shape index (κ1) is 15.2. The minimum absolute atomic E-state index is 0.313. The van der Waals surface area contributed by atoms with E-state index in [9.17, 15) is 4.79 Å². The van der Waals surface area contributed by atoms with Gasteiger partial charge in [0.05, 0.1) is 13.3 Å². The quantitative estimate of drug-likeness (QED) is 0.357. The van der Waals surface area contributed by atoms with Crippen molar-refractivity contribution in [3.05, 3.63) is 12.7 Å². The van der Waals surface area contributed by atoms with Crippen molar-refractivity contribution < 1.29 is 9.53 Å². The molecular weight excluding hydrogens is 228 g/mol. The zero-order chi connectivity index (χ0) is 13.2. The van der Waals surface area contributed by atoms with Crippen molar-refractivity contribution in [2.75, 3.05) is 39.5 Å². The van der Waals surface area contributed by atoms with Gasteiger partial charge in [-0.3, -0.25) is 9.80 Å². The number of likely N-dealkylation sites (N-methyl/N-ethyl adjacent to an activating group) is 1. The van der Waals surface area contributed by atoms with Crippen LogP contribution in [0.4, 0.5) is 0 Å². The maximum Gasteiger partial charge on any atom is 0.330 e. The molecule has 0 N–H and O–H groups in total. The molecular formula is C14H26N2O2. The Morgan fingerprint density at radius 2 is 1.94 bits per heavy atom. The smallest absolute Gasteiger partial charge is 0.330 e. The van der Waals surface area contributed by atoms with Crippen molar-refractivity contribution in [3.63, 3.8) is 0 Å². The molecule has 0 atom stereocenters. The fourth-order valence-corrected chi connectivity index (χ4v) is 2.17. The first-order valence-electron chi connectivity index (χ1n) is 7.00. The summed E-state index contributed by atoms with van der Waals surface area (Å²) in [6, 6.07) is 0. The Bertz CT molecular complexity index is 256. The van der Waals surface area contributed by atoms with E-state index in [2.05, 4.69) is 23.3 Å². The number of unbranched alkanes of at least 4 members (excludes halogenated alkanes) is 3. The Hall–Kier alpha value is -0.870. The van der Waals surface area contributed by atoms with Crippen LogP contribution in [0.1, 0.15) is 32.6 Å². The molecule has 1 heterocycles. The summed E-state index contributed by atoms with van der Waals surface area (Å²) in [7, 11) is 0. The Morgan fingerprint density at radius 3 is 2.61 bits per heavy atom. The topological polar surface area (TPSA) is 32.8 Å². The van der Waals surface area contributed by atoms with E-state index in [1.54, 1.807) is 0 Å². The number of carbonyl (C=O) groups excluding carboxylic acids is 1. The van der Waals surface area contributed by atoms with E-state index >= 15 is 0 Å². The molecule has 4 heteroatoms. The molecule has 0 aromatic heterocycles. The molecule has 0 spiro atoms. The fraction of sp³-hybridized carbons (Fsp3) is 0.786. The highest BCUT2D eigenvalue weighted by molar-refractivity contribution is 5.81. The fourth-order valence-electron chi connectivity index (χ4n) is 2.17. The largest absolute Gasteiger partial charge is 0.463 e. The molecule has 1 rings (SSSR count). The molecule has 0 aromatic carbocycles.